The molecule has 1 unspecified atom stereocenters. The number of aryl methyl sites for hydroxylation is 1. The number of carbonyl (C=O) groups excluding carboxylic acids is 1. The summed E-state index contributed by atoms with van der Waals surface area (Å²) < 4.78 is 5.46. The number of nitrogens with one attached hydrogen (secondary N) is 1. The van der Waals surface area contributed by atoms with Crippen LogP contribution in [0.4, 0.5) is 0 Å². The highest BCUT2D eigenvalue weighted by Crippen LogP contribution is 2.27. The minimum absolute atomic E-state index is 0.0387. The number of carbonyl (C=O) groups is 1. The average molecular weight is 409 g/mol. The fourth-order valence-electron chi connectivity index (χ4n) is 2.96. The van der Waals surface area contributed by atoms with Crippen LogP contribution in [-0.2, 0) is 11.2 Å². The lowest BCUT2D eigenvalue weighted by Gasteiger charge is -2.26. The van der Waals surface area contributed by atoms with Gasteiger partial charge in [-0.3, -0.25) is 4.79 Å². The number of amides is 1. The first kappa shape index (κ1) is 21.5. The molecular formula is C21H26Cl2N2O2. The lowest BCUT2D eigenvalue weighted by molar-refractivity contribution is -0.121. The van der Waals surface area contributed by atoms with Crippen molar-refractivity contribution in [2.75, 3.05) is 27.7 Å². The van der Waals surface area contributed by atoms with Crippen molar-refractivity contribution in [1.82, 2.24) is 10.2 Å². The minimum Gasteiger partial charge on any atom is -0.496 e. The van der Waals surface area contributed by atoms with E-state index < -0.39 is 0 Å². The van der Waals surface area contributed by atoms with Crippen molar-refractivity contribution in [3.05, 3.63) is 63.6 Å². The number of ether oxygens (including phenoxy) is 1. The van der Waals surface area contributed by atoms with Gasteiger partial charge >= 0.3 is 0 Å². The Morgan fingerprint density at radius 2 is 1.89 bits per heavy atom. The smallest absolute Gasteiger partial charge is 0.220 e. The van der Waals surface area contributed by atoms with E-state index >= 15 is 0 Å². The zero-order valence-electron chi connectivity index (χ0n) is 16.0. The van der Waals surface area contributed by atoms with Gasteiger partial charge in [-0.25, -0.2) is 0 Å². The molecule has 146 valence electrons. The fourth-order valence-corrected chi connectivity index (χ4v) is 3.28. The zero-order valence-corrected chi connectivity index (χ0v) is 17.5. The van der Waals surface area contributed by atoms with E-state index in [1.807, 2.05) is 50.5 Å². The van der Waals surface area contributed by atoms with Crippen LogP contribution in [0.25, 0.3) is 0 Å². The molecule has 27 heavy (non-hydrogen) atoms. The van der Waals surface area contributed by atoms with Crippen molar-refractivity contribution in [2.24, 2.45) is 0 Å². The number of likely N-dealkylation sites (N-methyl/N-ethyl adjacent to an activating group) is 1. The van der Waals surface area contributed by atoms with Gasteiger partial charge in [0.2, 0.25) is 5.91 Å². The third kappa shape index (κ3) is 6.42. The van der Waals surface area contributed by atoms with Crippen LogP contribution < -0.4 is 10.1 Å². The van der Waals surface area contributed by atoms with Crippen LogP contribution in [0.5, 0.6) is 5.75 Å². The van der Waals surface area contributed by atoms with E-state index in [2.05, 4.69) is 10.2 Å². The maximum Gasteiger partial charge on any atom is 0.220 e. The van der Waals surface area contributed by atoms with Gasteiger partial charge in [-0.2, -0.15) is 0 Å². The monoisotopic (exact) mass is 408 g/mol. The molecule has 2 aromatic rings. The first-order valence-corrected chi connectivity index (χ1v) is 9.68. The molecule has 0 radical (unpaired) electrons. The van der Waals surface area contributed by atoms with Gasteiger partial charge in [-0.1, -0.05) is 47.5 Å². The lowest BCUT2D eigenvalue weighted by atomic mass is 10.0. The Balaban J connectivity index is 1.86. The molecule has 6 heteroatoms. The molecule has 0 aromatic heterocycles. The van der Waals surface area contributed by atoms with Gasteiger partial charge in [-0.05, 0) is 50.7 Å². The van der Waals surface area contributed by atoms with Crippen molar-refractivity contribution in [3.8, 4) is 5.75 Å². The molecule has 2 rings (SSSR count). The van der Waals surface area contributed by atoms with Crippen molar-refractivity contribution < 1.29 is 9.53 Å². The van der Waals surface area contributed by atoms with Gasteiger partial charge in [0.15, 0.2) is 0 Å². The summed E-state index contributed by atoms with van der Waals surface area (Å²) in [5.41, 5.74) is 2.14. The molecule has 0 fully saturated rings. The topological polar surface area (TPSA) is 41.6 Å². The van der Waals surface area contributed by atoms with Crippen LogP contribution in [0.1, 0.15) is 30.0 Å². The van der Waals surface area contributed by atoms with E-state index in [1.54, 1.807) is 13.2 Å². The summed E-state index contributed by atoms with van der Waals surface area (Å²) in [5, 5.41) is 4.13. The van der Waals surface area contributed by atoms with Crippen LogP contribution in [-0.4, -0.2) is 38.6 Å². The Kier molecular flexibility index (Phi) is 8.42. The van der Waals surface area contributed by atoms with Gasteiger partial charge in [0.25, 0.3) is 0 Å². The molecule has 0 saturated carbocycles. The van der Waals surface area contributed by atoms with E-state index in [0.29, 0.717) is 23.0 Å². The molecule has 1 atom stereocenters. The number of halogens is 2. The van der Waals surface area contributed by atoms with Gasteiger partial charge < -0.3 is 15.0 Å². The summed E-state index contributed by atoms with van der Waals surface area (Å²) in [6.07, 6.45) is 2.01. The first-order valence-electron chi connectivity index (χ1n) is 8.92. The molecule has 0 saturated heterocycles. The Bertz CT molecular complexity index is 766. The van der Waals surface area contributed by atoms with Crippen molar-refractivity contribution in [3.63, 3.8) is 0 Å². The number of para-hydroxylation sites is 1. The van der Waals surface area contributed by atoms with Gasteiger partial charge in [0.1, 0.15) is 5.75 Å². The molecular weight excluding hydrogens is 383 g/mol. The highest BCUT2D eigenvalue weighted by atomic mass is 35.5. The second-order valence-corrected chi connectivity index (χ2v) is 7.44. The molecule has 0 aliphatic rings. The van der Waals surface area contributed by atoms with E-state index in [-0.39, 0.29) is 11.9 Å². The van der Waals surface area contributed by atoms with E-state index in [1.165, 1.54) is 0 Å². The average Bonchev–Trinajstić information content (AvgIpc) is 2.65. The predicted octanol–water partition coefficient (Wildman–Crippen LogP) is 4.74. The zero-order chi connectivity index (χ0) is 19.8. The van der Waals surface area contributed by atoms with E-state index in [9.17, 15) is 4.79 Å². The van der Waals surface area contributed by atoms with Crippen molar-refractivity contribution >= 4 is 29.1 Å². The van der Waals surface area contributed by atoms with E-state index in [4.69, 9.17) is 27.9 Å². The second-order valence-electron chi connectivity index (χ2n) is 6.63. The van der Waals surface area contributed by atoms with Gasteiger partial charge in [0, 0.05) is 18.5 Å². The SMILES string of the molecule is COc1ccccc1C(CNC(=O)CCCc1ccc(Cl)c(Cl)c1)N(C)C. The molecule has 0 spiro atoms. The van der Waals surface area contributed by atoms with Gasteiger partial charge in [-0.15, -0.1) is 0 Å². The maximum atomic E-state index is 12.3. The summed E-state index contributed by atoms with van der Waals surface area (Å²) in [6, 6.07) is 13.5. The molecule has 0 heterocycles. The number of nitrogens with zero attached hydrogens (tertiary/aromatic N) is 1. The third-order valence-electron chi connectivity index (χ3n) is 4.47. The number of rotatable bonds is 9. The summed E-state index contributed by atoms with van der Waals surface area (Å²) in [6.45, 7) is 0.527. The quantitative estimate of drug-likeness (QED) is 0.650. The minimum atomic E-state index is 0.0387. The summed E-state index contributed by atoms with van der Waals surface area (Å²) >= 11 is 12.0. The Morgan fingerprint density at radius 3 is 2.56 bits per heavy atom. The lowest BCUT2D eigenvalue weighted by Crippen LogP contribution is -2.34. The Labute approximate surface area is 171 Å². The highest BCUT2D eigenvalue weighted by Gasteiger charge is 2.18. The molecule has 0 bridgehead atoms. The predicted molar refractivity (Wildman–Crippen MR) is 112 cm³/mol. The third-order valence-corrected chi connectivity index (χ3v) is 5.21. The van der Waals surface area contributed by atoms with Crippen molar-refractivity contribution in [1.29, 1.82) is 0 Å². The summed E-state index contributed by atoms with van der Waals surface area (Å²) in [5.74, 6) is 0.863. The van der Waals surface area contributed by atoms with Gasteiger partial charge in [0.05, 0.1) is 23.2 Å². The molecule has 0 aliphatic carbocycles. The highest BCUT2D eigenvalue weighted by molar-refractivity contribution is 6.42. The standard InChI is InChI=1S/C21H26Cl2N2O2/c1-25(2)19(16-8-4-5-9-20(16)27-3)14-24-21(26)10-6-7-15-11-12-17(22)18(23)13-15/h4-5,8-9,11-13,19H,6-7,10,14H2,1-3H3,(H,24,26). The molecule has 1 N–H and O–H groups in total. The molecule has 2 aromatic carbocycles. The van der Waals surface area contributed by atoms with Crippen LogP contribution in [0.15, 0.2) is 42.5 Å². The number of hydrogen-bond acceptors (Lipinski definition) is 3. The van der Waals surface area contributed by atoms with Crippen molar-refractivity contribution in [2.45, 2.75) is 25.3 Å². The summed E-state index contributed by atoms with van der Waals surface area (Å²) in [7, 11) is 5.65. The fraction of sp³-hybridized carbons (Fsp3) is 0.381. The maximum absolute atomic E-state index is 12.3. The number of hydrogen-bond donors (Lipinski definition) is 1. The van der Waals surface area contributed by atoms with Crippen LogP contribution >= 0.6 is 23.2 Å². The number of benzene rings is 2. The van der Waals surface area contributed by atoms with Crippen LogP contribution in [0.2, 0.25) is 10.0 Å². The second kappa shape index (κ2) is 10.5. The van der Waals surface area contributed by atoms with E-state index in [0.717, 1.165) is 29.7 Å². The molecule has 0 aliphatic heterocycles. The number of methoxy groups -OCH3 is 1. The Hall–Kier alpha value is -1.75. The normalized spacial score (nSPS) is 12.1. The first-order chi connectivity index (χ1) is 12.9. The molecule has 1 amide bonds. The Morgan fingerprint density at radius 1 is 1.15 bits per heavy atom. The van der Waals surface area contributed by atoms with Crippen LogP contribution in [0.3, 0.4) is 0 Å². The van der Waals surface area contributed by atoms with Crippen LogP contribution in [0, 0.1) is 0 Å². The summed E-state index contributed by atoms with van der Waals surface area (Å²) in [4.78, 5) is 14.3. The largest absolute Gasteiger partial charge is 0.496 e. The molecule has 4 nitrogen and oxygen atoms in total.